The normalized spacial score (nSPS) is 10.5. The third-order valence-electron chi connectivity index (χ3n) is 2.30. The van der Waals surface area contributed by atoms with E-state index in [9.17, 15) is 0 Å². The zero-order chi connectivity index (χ0) is 10.7. The molecule has 0 aromatic carbocycles. The summed E-state index contributed by atoms with van der Waals surface area (Å²) in [5.74, 6) is 1.01. The molecular formula is C11H14N4. The Morgan fingerprint density at radius 1 is 1.47 bits per heavy atom. The summed E-state index contributed by atoms with van der Waals surface area (Å²) < 4.78 is 2.01. The van der Waals surface area contributed by atoms with Gasteiger partial charge in [-0.1, -0.05) is 0 Å². The molecule has 0 bridgehead atoms. The highest BCUT2D eigenvalue weighted by atomic mass is 15.0. The number of nitrogens with two attached hydrogens (primary N) is 1. The van der Waals surface area contributed by atoms with Crippen LogP contribution in [0.5, 0.6) is 0 Å². The standard InChI is InChI=1S/C11H14N4/c1-15-8-10(14-11(15)4-5-12)9-3-2-6-13-7-9/h2-3,6-8H,4-5,12H2,1H3. The third-order valence-corrected chi connectivity index (χ3v) is 2.30. The van der Waals surface area contributed by atoms with Gasteiger partial charge in [0.15, 0.2) is 0 Å². The van der Waals surface area contributed by atoms with Gasteiger partial charge in [0.25, 0.3) is 0 Å². The Kier molecular flexibility index (Phi) is 2.78. The first-order valence-corrected chi connectivity index (χ1v) is 4.94. The average molecular weight is 202 g/mol. The van der Waals surface area contributed by atoms with Gasteiger partial charge in [-0.3, -0.25) is 4.98 Å². The van der Waals surface area contributed by atoms with Crippen LogP contribution in [0.25, 0.3) is 11.3 Å². The molecule has 4 heteroatoms. The van der Waals surface area contributed by atoms with E-state index in [1.807, 2.05) is 36.1 Å². The van der Waals surface area contributed by atoms with Crippen molar-refractivity contribution in [1.82, 2.24) is 14.5 Å². The molecule has 0 fully saturated rings. The Bertz CT molecular complexity index is 433. The highest BCUT2D eigenvalue weighted by Gasteiger charge is 2.05. The largest absolute Gasteiger partial charge is 0.337 e. The van der Waals surface area contributed by atoms with Crippen LogP contribution in [-0.2, 0) is 13.5 Å². The minimum atomic E-state index is 0.622. The van der Waals surface area contributed by atoms with Crippen LogP contribution in [0, 0.1) is 0 Å². The maximum atomic E-state index is 5.51. The van der Waals surface area contributed by atoms with Gasteiger partial charge in [-0.2, -0.15) is 0 Å². The molecule has 0 atom stereocenters. The van der Waals surface area contributed by atoms with E-state index in [0.29, 0.717) is 6.54 Å². The molecule has 0 saturated heterocycles. The fraction of sp³-hybridized carbons (Fsp3) is 0.273. The fourth-order valence-corrected chi connectivity index (χ4v) is 1.52. The molecule has 4 nitrogen and oxygen atoms in total. The van der Waals surface area contributed by atoms with Crippen LogP contribution in [-0.4, -0.2) is 21.1 Å². The molecule has 2 heterocycles. The van der Waals surface area contributed by atoms with E-state index in [2.05, 4.69) is 9.97 Å². The summed E-state index contributed by atoms with van der Waals surface area (Å²) in [6.07, 6.45) is 6.38. The lowest BCUT2D eigenvalue weighted by Gasteiger charge is -1.96. The van der Waals surface area contributed by atoms with E-state index in [0.717, 1.165) is 23.5 Å². The first kappa shape index (κ1) is 9.86. The summed E-state index contributed by atoms with van der Waals surface area (Å²) in [4.78, 5) is 8.58. The zero-order valence-corrected chi connectivity index (χ0v) is 8.72. The van der Waals surface area contributed by atoms with Gasteiger partial charge in [-0.25, -0.2) is 4.98 Å². The number of imidazole rings is 1. The lowest BCUT2D eigenvalue weighted by Crippen LogP contribution is -2.07. The molecule has 78 valence electrons. The number of aromatic nitrogens is 3. The fourth-order valence-electron chi connectivity index (χ4n) is 1.52. The highest BCUT2D eigenvalue weighted by Crippen LogP contribution is 2.16. The van der Waals surface area contributed by atoms with Crippen molar-refractivity contribution in [2.24, 2.45) is 12.8 Å². The van der Waals surface area contributed by atoms with Crippen molar-refractivity contribution >= 4 is 0 Å². The minimum Gasteiger partial charge on any atom is -0.337 e. The van der Waals surface area contributed by atoms with Crippen molar-refractivity contribution < 1.29 is 0 Å². The van der Waals surface area contributed by atoms with Crippen molar-refractivity contribution in [3.8, 4) is 11.3 Å². The van der Waals surface area contributed by atoms with Crippen LogP contribution >= 0.6 is 0 Å². The number of hydrogen-bond acceptors (Lipinski definition) is 3. The summed E-state index contributed by atoms with van der Waals surface area (Å²) >= 11 is 0. The Morgan fingerprint density at radius 2 is 2.33 bits per heavy atom. The summed E-state index contributed by atoms with van der Waals surface area (Å²) in [5, 5.41) is 0. The molecule has 2 N–H and O–H groups in total. The molecule has 2 rings (SSSR count). The van der Waals surface area contributed by atoms with Crippen molar-refractivity contribution in [2.75, 3.05) is 6.54 Å². The van der Waals surface area contributed by atoms with Gasteiger partial charge in [0, 0.05) is 37.6 Å². The van der Waals surface area contributed by atoms with E-state index in [4.69, 9.17) is 5.73 Å². The molecule has 0 radical (unpaired) electrons. The van der Waals surface area contributed by atoms with Gasteiger partial charge in [-0.15, -0.1) is 0 Å². The Labute approximate surface area is 88.8 Å². The SMILES string of the molecule is Cn1cc(-c2cccnc2)nc1CCN. The van der Waals surface area contributed by atoms with E-state index < -0.39 is 0 Å². The molecule has 0 aliphatic rings. The molecule has 0 saturated carbocycles. The maximum absolute atomic E-state index is 5.51. The first-order valence-electron chi connectivity index (χ1n) is 4.94. The molecule has 0 aliphatic carbocycles. The minimum absolute atomic E-state index is 0.622. The van der Waals surface area contributed by atoms with E-state index in [1.54, 1.807) is 6.20 Å². The van der Waals surface area contributed by atoms with Crippen molar-refractivity contribution in [2.45, 2.75) is 6.42 Å². The summed E-state index contributed by atoms with van der Waals surface area (Å²) in [6.45, 7) is 0.622. The zero-order valence-electron chi connectivity index (χ0n) is 8.72. The third kappa shape index (κ3) is 2.05. The number of nitrogens with zero attached hydrogens (tertiary/aromatic N) is 3. The number of aryl methyl sites for hydroxylation is 1. The van der Waals surface area contributed by atoms with Crippen molar-refractivity contribution in [3.05, 3.63) is 36.5 Å². The predicted octanol–water partition coefficient (Wildman–Crippen LogP) is 0.983. The second-order valence-electron chi connectivity index (χ2n) is 3.43. The van der Waals surface area contributed by atoms with Crippen LogP contribution in [0.2, 0.25) is 0 Å². The van der Waals surface area contributed by atoms with E-state index in [-0.39, 0.29) is 0 Å². The Hall–Kier alpha value is -1.68. The van der Waals surface area contributed by atoms with E-state index >= 15 is 0 Å². The number of pyridine rings is 1. The van der Waals surface area contributed by atoms with E-state index in [1.165, 1.54) is 0 Å². The summed E-state index contributed by atoms with van der Waals surface area (Å²) in [5.41, 5.74) is 7.50. The molecule has 0 aliphatic heterocycles. The van der Waals surface area contributed by atoms with Crippen molar-refractivity contribution in [1.29, 1.82) is 0 Å². The van der Waals surface area contributed by atoms with Crippen LogP contribution in [0.1, 0.15) is 5.82 Å². The number of hydrogen-bond donors (Lipinski definition) is 1. The van der Waals surface area contributed by atoms with Crippen LogP contribution < -0.4 is 5.73 Å². The first-order chi connectivity index (χ1) is 7.31. The van der Waals surface area contributed by atoms with Gasteiger partial charge in [0.2, 0.25) is 0 Å². The second kappa shape index (κ2) is 4.23. The van der Waals surface area contributed by atoms with Crippen LogP contribution in [0.15, 0.2) is 30.7 Å². The van der Waals surface area contributed by atoms with Gasteiger partial charge in [-0.05, 0) is 18.7 Å². The lowest BCUT2D eigenvalue weighted by atomic mass is 10.2. The topological polar surface area (TPSA) is 56.7 Å². The summed E-state index contributed by atoms with van der Waals surface area (Å²) in [7, 11) is 1.98. The smallest absolute Gasteiger partial charge is 0.110 e. The summed E-state index contributed by atoms with van der Waals surface area (Å²) in [6, 6.07) is 3.91. The molecule has 2 aromatic rings. The Balaban J connectivity index is 2.34. The van der Waals surface area contributed by atoms with Crippen LogP contribution in [0.4, 0.5) is 0 Å². The molecule has 2 aromatic heterocycles. The lowest BCUT2D eigenvalue weighted by molar-refractivity contribution is 0.778. The Morgan fingerprint density at radius 3 is 3.00 bits per heavy atom. The van der Waals surface area contributed by atoms with Gasteiger partial charge < -0.3 is 10.3 Å². The van der Waals surface area contributed by atoms with Gasteiger partial charge in [0.1, 0.15) is 5.82 Å². The number of rotatable bonds is 3. The average Bonchev–Trinajstić information content (AvgIpc) is 2.63. The highest BCUT2D eigenvalue weighted by molar-refractivity contribution is 5.56. The quantitative estimate of drug-likeness (QED) is 0.807. The molecule has 0 amide bonds. The van der Waals surface area contributed by atoms with Gasteiger partial charge >= 0.3 is 0 Å². The monoisotopic (exact) mass is 202 g/mol. The molecular weight excluding hydrogens is 188 g/mol. The second-order valence-corrected chi connectivity index (χ2v) is 3.43. The van der Waals surface area contributed by atoms with Crippen LogP contribution in [0.3, 0.4) is 0 Å². The molecule has 0 spiro atoms. The maximum Gasteiger partial charge on any atom is 0.110 e. The predicted molar refractivity (Wildman–Crippen MR) is 59.2 cm³/mol. The molecule has 0 unspecified atom stereocenters. The van der Waals surface area contributed by atoms with Crippen molar-refractivity contribution in [3.63, 3.8) is 0 Å². The van der Waals surface area contributed by atoms with Gasteiger partial charge in [0.05, 0.1) is 5.69 Å². The molecule has 15 heavy (non-hydrogen) atoms.